The van der Waals surface area contributed by atoms with Crippen molar-refractivity contribution < 1.29 is 9.53 Å². The number of amides is 2. The summed E-state index contributed by atoms with van der Waals surface area (Å²) in [6, 6.07) is 8.87. The second-order valence-corrected chi connectivity index (χ2v) is 6.24. The van der Waals surface area contributed by atoms with Gasteiger partial charge in [0.15, 0.2) is 0 Å². The number of imidazole rings is 1. The first-order valence-electron chi connectivity index (χ1n) is 9.43. The Morgan fingerprint density at radius 2 is 2.00 bits per heavy atom. The van der Waals surface area contributed by atoms with Crippen molar-refractivity contribution in [1.82, 2.24) is 24.8 Å². The summed E-state index contributed by atoms with van der Waals surface area (Å²) < 4.78 is 7.40. The van der Waals surface area contributed by atoms with Crippen molar-refractivity contribution >= 4 is 17.5 Å². The molecule has 0 atom stereocenters. The van der Waals surface area contributed by atoms with Crippen LogP contribution in [0.3, 0.4) is 0 Å². The highest BCUT2D eigenvalue weighted by Crippen LogP contribution is 2.23. The van der Waals surface area contributed by atoms with E-state index in [9.17, 15) is 4.79 Å². The first kappa shape index (κ1) is 20.1. The molecule has 152 valence electrons. The third-order valence-electron chi connectivity index (χ3n) is 4.05. The number of aromatic nitrogens is 4. The Morgan fingerprint density at radius 3 is 2.76 bits per heavy atom. The minimum atomic E-state index is -0.299. The molecule has 3 rings (SSSR count). The standard InChI is InChI=1S/C20H25N7O2/c1-4-29-17-8-6-5-7-16(17)26-20(28)23-10-9-22-18-13-19(25-14(2)24-18)27-12-11-21-15(27)3/h5-8,11-13H,4,9-10H2,1-3H3,(H,22,24,25)(H2,23,26,28). The van der Waals surface area contributed by atoms with Crippen molar-refractivity contribution in [2.24, 2.45) is 0 Å². The predicted octanol–water partition coefficient (Wildman–Crippen LogP) is 2.91. The molecule has 2 aromatic heterocycles. The van der Waals surface area contributed by atoms with Crippen LogP contribution in [0.1, 0.15) is 18.6 Å². The molecule has 2 amide bonds. The first-order valence-corrected chi connectivity index (χ1v) is 9.43. The summed E-state index contributed by atoms with van der Waals surface area (Å²) in [6.07, 6.45) is 3.58. The summed E-state index contributed by atoms with van der Waals surface area (Å²) in [5, 5.41) is 8.81. The summed E-state index contributed by atoms with van der Waals surface area (Å²) >= 11 is 0. The molecule has 3 N–H and O–H groups in total. The van der Waals surface area contributed by atoms with Gasteiger partial charge in [-0.1, -0.05) is 12.1 Å². The summed E-state index contributed by atoms with van der Waals surface area (Å²) in [7, 11) is 0. The summed E-state index contributed by atoms with van der Waals surface area (Å²) in [6.45, 7) is 7.11. The number of ether oxygens (including phenoxy) is 1. The molecule has 29 heavy (non-hydrogen) atoms. The summed E-state index contributed by atoms with van der Waals surface area (Å²) in [5.41, 5.74) is 0.631. The highest BCUT2D eigenvalue weighted by Gasteiger charge is 2.08. The lowest BCUT2D eigenvalue weighted by Crippen LogP contribution is -2.32. The molecule has 0 radical (unpaired) electrons. The fourth-order valence-electron chi connectivity index (χ4n) is 2.77. The number of para-hydroxylation sites is 2. The molecular weight excluding hydrogens is 370 g/mol. The van der Waals surface area contributed by atoms with Gasteiger partial charge in [-0.3, -0.25) is 4.57 Å². The lowest BCUT2D eigenvalue weighted by molar-refractivity contribution is 0.252. The smallest absolute Gasteiger partial charge is 0.319 e. The van der Waals surface area contributed by atoms with E-state index in [4.69, 9.17) is 4.74 Å². The number of benzene rings is 1. The molecule has 0 aliphatic carbocycles. The van der Waals surface area contributed by atoms with Gasteiger partial charge in [0, 0.05) is 31.5 Å². The van der Waals surface area contributed by atoms with E-state index in [2.05, 4.69) is 30.9 Å². The number of urea groups is 1. The van der Waals surface area contributed by atoms with Gasteiger partial charge in [0.25, 0.3) is 0 Å². The SMILES string of the molecule is CCOc1ccccc1NC(=O)NCCNc1cc(-n2ccnc2C)nc(C)n1. The van der Waals surface area contributed by atoms with Crippen LogP contribution in [0.15, 0.2) is 42.7 Å². The normalized spacial score (nSPS) is 10.4. The van der Waals surface area contributed by atoms with Crippen molar-refractivity contribution in [3.05, 3.63) is 54.4 Å². The molecule has 0 unspecified atom stereocenters. The molecule has 1 aromatic carbocycles. The number of carbonyl (C=O) groups excluding carboxylic acids is 1. The van der Waals surface area contributed by atoms with Gasteiger partial charge in [-0.05, 0) is 32.9 Å². The van der Waals surface area contributed by atoms with Crippen molar-refractivity contribution in [1.29, 1.82) is 0 Å². The molecule has 9 heteroatoms. The molecule has 0 aliphatic heterocycles. The Bertz CT molecular complexity index is 971. The van der Waals surface area contributed by atoms with E-state index in [1.54, 1.807) is 12.3 Å². The number of nitrogens with zero attached hydrogens (tertiary/aromatic N) is 4. The molecule has 9 nitrogen and oxygen atoms in total. The maximum Gasteiger partial charge on any atom is 0.319 e. The number of nitrogens with one attached hydrogen (secondary N) is 3. The number of carbonyl (C=O) groups is 1. The Morgan fingerprint density at radius 1 is 1.17 bits per heavy atom. The van der Waals surface area contributed by atoms with Gasteiger partial charge in [-0.25, -0.2) is 19.7 Å². The van der Waals surface area contributed by atoms with Crippen LogP contribution in [0.4, 0.5) is 16.3 Å². The number of anilines is 2. The van der Waals surface area contributed by atoms with E-state index in [-0.39, 0.29) is 6.03 Å². The molecular formula is C20H25N7O2. The zero-order valence-corrected chi connectivity index (χ0v) is 16.8. The third-order valence-corrected chi connectivity index (χ3v) is 4.05. The minimum absolute atomic E-state index is 0.299. The van der Waals surface area contributed by atoms with Gasteiger partial charge >= 0.3 is 6.03 Å². The number of aryl methyl sites for hydroxylation is 2. The van der Waals surface area contributed by atoms with Crippen LogP contribution >= 0.6 is 0 Å². The highest BCUT2D eigenvalue weighted by atomic mass is 16.5. The van der Waals surface area contributed by atoms with Gasteiger partial charge in [-0.2, -0.15) is 0 Å². The van der Waals surface area contributed by atoms with E-state index >= 15 is 0 Å². The Balaban J connectivity index is 1.51. The molecule has 0 fully saturated rings. The Labute approximate surface area is 169 Å². The van der Waals surface area contributed by atoms with Crippen molar-refractivity contribution in [2.45, 2.75) is 20.8 Å². The Kier molecular flexibility index (Phi) is 6.62. The maximum absolute atomic E-state index is 12.1. The number of rotatable bonds is 8. The van der Waals surface area contributed by atoms with Crippen molar-refractivity contribution in [2.75, 3.05) is 30.3 Å². The average molecular weight is 395 g/mol. The Hall–Kier alpha value is -3.62. The number of hydrogen-bond acceptors (Lipinski definition) is 6. The van der Waals surface area contributed by atoms with Crippen LogP contribution in [0, 0.1) is 13.8 Å². The van der Waals surface area contributed by atoms with Gasteiger partial charge in [0.1, 0.15) is 29.0 Å². The molecule has 2 heterocycles. The first-order chi connectivity index (χ1) is 14.1. The van der Waals surface area contributed by atoms with Gasteiger partial charge in [0.05, 0.1) is 12.3 Å². The fraction of sp³-hybridized carbons (Fsp3) is 0.300. The molecule has 0 bridgehead atoms. The lowest BCUT2D eigenvalue weighted by Gasteiger charge is -2.13. The fourth-order valence-corrected chi connectivity index (χ4v) is 2.77. The van der Waals surface area contributed by atoms with E-state index in [1.807, 2.05) is 55.8 Å². The van der Waals surface area contributed by atoms with Crippen LogP contribution in [-0.2, 0) is 0 Å². The zero-order valence-electron chi connectivity index (χ0n) is 16.8. The second-order valence-electron chi connectivity index (χ2n) is 6.24. The maximum atomic E-state index is 12.1. The predicted molar refractivity (Wildman–Crippen MR) is 112 cm³/mol. The quantitative estimate of drug-likeness (QED) is 0.507. The van der Waals surface area contributed by atoms with Crippen LogP contribution in [0.5, 0.6) is 5.75 Å². The van der Waals surface area contributed by atoms with Crippen molar-refractivity contribution in [3.63, 3.8) is 0 Å². The molecule has 0 aliphatic rings. The van der Waals surface area contributed by atoms with Crippen LogP contribution in [0.25, 0.3) is 5.82 Å². The minimum Gasteiger partial charge on any atom is -0.492 e. The van der Waals surface area contributed by atoms with Crippen LogP contribution < -0.4 is 20.7 Å². The molecule has 3 aromatic rings. The number of hydrogen-bond donors (Lipinski definition) is 3. The summed E-state index contributed by atoms with van der Waals surface area (Å²) in [5.74, 6) is 3.57. The summed E-state index contributed by atoms with van der Waals surface area (Å²) in [4.78, 5) is 25.2. The van der Waals surface area contributed by atoms with E-state index in [1.165, 1.54) is 0 Å². The van der Waals surface area contributed by atoms with Crippen LogP contribution in [0.2, 0.25) is 0 Å². The van der Waals surface area contributed by atoms with Gasteiger partial charge in [0.2, 0.25) is 0 Å². The van der Waals surface area contributed by atoms with E-state index in [0.717, 1.165) is 11.6 Å². The van der Waals surface area contributed by atoms with E-state index < -0.39 is 0 Å². The largest absolute Gasteiger partial charge is 0.492 e. The van der Waals surface area contributed by atoms with Crippen molar-refractivity contribution in [3.8, 4) is 11.6 Å². The zero-order chi connectivity index (χ0) is 20.6. The molecule has 0 spiro atoms. The lowest BCUT2D eigenvalue weighted by atomic mass is 10.3. The monoisotopic (exact) mass is 395 g/mol. The van der Waals surface area contributed by atoms with Gasteiger partial charge < -0.3 is 20.7 Å². The molecule has 0 saturated carbocycles. The average Bonchev–Trinajstić information content (AvgIpc) is 3.13. The highest BCUT2D eigenvalue weighted by molar-refractivity contribution is 5.90. The molecule has 0 saturated heterocycles. The topological polar surface area (TPSA) is 106 Å². The second kappa shape index (κ2) is 9.54. The van der Waals surface area contributed by atoms with Gasteiger partial charge in [-0.15, -0.1) is 0 Å². The third kappa shape index (κ3) is 5.44. The van der Waals surface area contributed by atoms with E-state index in [0.29, 0.717) is 42.8 Å². The van der Waals surface area contributed by atoms with Crippen LogP contribution in [-0.4, -0.2) is 45.2 Å².